The first-order chi connectivity index (χ1) is 13.5. The molecule has 0 aliphatic carbocycles. The molecule has 2 aromatic rings. The number of sulfonamides is 1. The summed E-state index contributed by atoms with van der Waals surface area (Å²) in [5, 5.41) is -0.587. The molecule has 0 bridgehead atoms. The molecular formula is C16H16ClF5N4O2S. The predicted octanol–water partition coefficient (Wildman–Crippen LogP) is 3.46. The minimum atomic E-state index is -4.78. The van der Waals surface area contributed by atoms with Gasteiger partial charge in [0, 0.05) is 38.6 Å². The third kappa shape index (κ3) is 4.71. The molecule has 0 atom stereocenters. The molecule has 1 aromatic heterocycles. The van der Waals surface area contributed by atoms with E-state index in [4.69, 9.17) is 11.6 Å². The van der Waals surface area contributed by atoms with Gasteiger partial charge in [0.05, 0.1) is 22.0 Å². The van der Waals surface area contributed by atoms with Crippen molar-refractivity contribution in [1.82, 2.24) is 18.8 Å². The molecule has 29 heavy (non-hydrogen) atoms. The van der Waals surface area contributed by atoms with Gasteiger partial charge in [0.2, 0.25) is 10.0 Å². The second kappa shape index (κ2) is 8.17. The van der Waals surface area contributed by atoms with Crippen LogP contribution < -0.4 is 0 Å². The van der Waals surface area contributed by atoms with Gasteiger partial charge in [-0.3, -0.25) is 9.47 Å². The molecular weight excluding hydrogens is 443 g/mol. The Bertz CT molecular complexity index is 972. The van der Waals surface area contributed by atoms with Gasteiger partial charge in [-0.2, -0.15) is 26.3 Å². The molecule has 1 aliphatic heterocycles. The van der Waals surface area contributed by atoms with Crippen LogP contribution in [0.15, 0.2) is 35.5 Å². The number of piperazine rings is 1. The Kier molecular flexibility index (Phi) is 6.18. The maximum absolute atomic E-state index is 13.0. The van der Waals surface area contributed by atoms with Crippen LogP contribution >= 0.6 is 11.6 Å². The Morgan fingerprint density at radius 1 is 1.14 bits per heavy atom. The van der Waals surface area contributed by atoms with Crippen molar-refractivity contribution < 1.29 is 30.4 Å². The number of rotatable bonds is 5. The van der Waals surface area contributed by atoms with Crippen molar-refractivity contribution in [3.63, 3.8) is 0 Å². The summed E-state index contributed by atoms with van der Waals surface area (Å²) in [5.41, 5.74) is -1.22. The zero-order chi connectivity index (χ0) is 21.4. The number of alkyl halides is 5. The molecule has 13 heteroatoms. The number of nitrogens with zero attached hydrogens (tertiary/aromatic N) is 4. The largest absolute Gasteiger partial charge is 0.417 e. The Morgan fingerprint density at radius 3 is 2.38 bits per heavy atom. The normalized spacial score (nSPS) is 17.2. The fraction of sp³-hybridized carbons (Fsp3) is 0.438. The smallest absolute Gasteiger partial charge is 0.293 e. The molecule has 160 valence electrons. The van der Waals surface area contributed by atoms with Crippen LogP contribution in [0.3, 0.4) is 0 Å². The van der Waals surface area contributed by atoms with Gasteiger partial charge in [0.1, 0.15) is 5.82 Å². The molecule has 3 rings (SSSR count). The number of halogens is 6. The lowest BCUT2D eigenvalue weighted by Crippen LogP contribution is -2.48. The fourth-order valence-corrected chi connectivity index (χ4v) is 4.68. The summed E-state index contributed by atoms with van der Waals surface area (Å²) in [6.07, 6.45) is -2.38. The number of imidazole rings is 1. The molecule has 2 heterocycles. The van der Waals surface area contributed by atoms with Crippen LogP contribution in [0.2, 0.25) is 5.02 Å². The summed E-state index contributed by atoms with van der Waals surface area (Å²) in [6, 6.07) is 2.44. The molecule has 1 fully saturated rings. The Labute approximate surface area is 168 Å². The summed E-state index contributed by atoms with van der Waals surface area (Å²) < 4.78 is 92.1. The minimum absolute atomic E-state index is 0.00168. The molecule has 1 aromatic carbocycles. The highest BCUT2D eigenvalue weighted by atomic mass is 35.5. The molecule has 0 unspecified atom stereocenters. The highest BCUT2D eigenvalue weighted by Gasteiger charge is 2.36. The van der Waals surface area contributed by atoms with Gasteiger partial charge in [-0.15, -0.1) is 0 Å². The summed E-state index contributed by atoms with van der Waals surface area (Å²) in [7, 11) is -4.16. The van der Waals surface area contributed by atoms with Gasteiger partial charge in [0.25, 0.3) is 0 Å². The Hall–Kier alpha value is -1.76. The Morgan fingerprint density at radius 2 is 1.79 bits per heavy atom. The van der Waals surface area contributed by atoms with Gasteiger partial charge in [-0.05, 0) is 18.2 Å². The topological polar surface area (TPSA) is 58.4 Å². The fourth-order valence-electron chi connectivity index (χ4n) is 3.00. The minimum Gasteiger partial charge on any atom is -0.293 e. The average Bonchev–Trinajstić information content (AvgIpc) is 3.10. The third-order valence-electron chi connectivity index (χ3n) is 4.54. The van der Waals surface area contributed by atoms with Gasteiger partial charge >= 0.3 is 12.7 Å². The average molecular weight is 459 g/mol. The first-order valence-electron chi connectivity index (χ1n) is 8.39. The summed E-state index contributed by atoms with van der Waals surface area (Å²) in [5.74, 6) is 0.142. The zero-order valence-electron chi connectivity index (χ0n) is 14.8. The van der Waals surface area contributed by atoms with Crippen molar-refractivity contribution >= 4 is 21.6 Å². The van der Waals surface area contributed by atoms with E-state index in [0.29, 0.717) is 6.07 Å². The van der Waals surface area contributed by atoms with Crippen molar-refractivity contribution in [2.75, 3.05) is 26.2 Å². The van der Waals surface area contributed by atoms with E-state index in [1.54, 1.807) is 4.90 Å². The SMILES string of the molecule is O=S(=O)(c1ccc(Cl)c(C(F)(F)F)c1)N1CCN(Cc2nccn2C(F)F)CC1. The van der Waals surface area contributed by atoms with Crippen molar-refractivity contribution in [2.24, 2.45) is 0 Å². The van der Waals surface area contributed by atoms with Crippen molar-refractivity contribution in [1.29, 1.82) is 0 Å². The van der Waals surface area contributed by atoms with Crippen LogP contribution in [-0.2, 0) is 22.7 Å². The lowest BCUT2D eigenvalue weighted by atomic mass is 10.2. The van der Waals surface area contributed by atoms with Crippen molar-refractivity contribution in [2.45, 2.75) is 24.2 Å². The zero-order valence-corrected chi connectivity index (χ0v) is 16.4. The van der Waals surface area contributed by atoms with Crippen LogP contribution in [0.5, 0.6) is 0 Å². The number of benzene rings is 1. The molecule has 1 aliphatic rings. The van der Waals surface area contributed by atoms with E-state index < -0.39 is 38.2 Å². The van der Waals surface area contributed by atoms with Crippen molar-refractivity contribution in [3.05, 3.63) is 47.0 Å². The molecule has 0 N–H and O–H groups in total. The summed E-state index contributed by atoms with van der Waals surface area (Å²) in [6.45, 7) is -2.19. The second-order valence-corrected chi connectivity index (χ2v) is 8.69. The highest BCUT2D eigenvalue weighted by molar-refractivity contribution is 7.89. The van der Waals surface area contributed by atoms with E-state index >= 15 is 0 Å². The van der Waals surface area contributed by atoms with E-state index in [1.165, 1.54) is 6.20 Å². The monoisotopic (exact) mass is 458 g/mol. The van der Waals surface area contributed by atoms with Gasteiger partial charge in [-0.25, -0.2) is 13.4 Å². The maximum Gasteiger partial charge on any atom is 0.417 e. The Balaban J connectivity index is 1.71. The molecule has 0 spiro atoms. The molecule has 0 amide bonds. The van der Waals surface area contributed by atoms with Crippen LogP contribution in [-0.4, -0.2) is 53.4 Å². The van der Waals surface area contributed by atoms with E-state index in [-0.39, 0.29) is 38.5 Å². The van der Waals surface area contributed by atoms with E-state index in [9.17, 15) is 30.4 Å². The standard InChI is InChI=1S/C16H16ClF5N4O2S/c17-13-2-1-11(9-12(13)16(20,21)22)29(27,28)25-7-5-24(6-8-25)10-14-23-3-4-26(14)15(18)19/h1-4,9,15H,5-8,10H2. The second-order valence-electron chi connectivity index (χ2n) is 6.35. The quantitative estimate of drug-likeness (QED) is 0.644. The number of hydrogen-bond acceptors (Lipinski definition) is 4. The first kappa shape index (κ1) is 21.9. The molecule has 0 radical (unpaired) electrons. The van der Waals surface area contributed by atoms with Gasteiger partial charge in [0.15, 0.2) is 0 Å². The van der Waals surface area contributed by atoms with Crippen LogP contribution in [0, 0.1) is 0 Å². The van der Waals surface area contributed by atoms with Crippen molar-refractivity contribution in [3.8, 4) is 0 Å². The molecule has 1 saturated heterocycles. The number of hydrogen-bond donors (Lipinski definition) is 0. The van der Waals surface area contributed by atoms with Crippen LogP contribution in [0.1, 0.15) is 17.9 Å². The van der Waals surface area contributed by atoms with Gasteiger partial charge < -0.3 is 0 Å². The van der Waals surface area contributed by atoms with Gasteiger partial charge in [-0.1, -0.05) is 11.6 Å². The van der Waals surface area contributed by atoms with E-state index in [2.05, 4.69) is 4.98 Å². The summed E-state index contributed by atoms with van der Waals surface area (Å²) in [4.78, 5) is 5.12. The number of aromatic nitrogens is 2. The third-order valence-corrected chi connectivity index (χ3v) is 6.76. The highest BCUT2D eigenvalue weighted by Crippen LogP contribution is 2.36. The predicted molar refractivity (Wildman–Crippen MR) is 94.0 cm³/mol. The molecule has 6 nitrogen and oxygen atoms in total. The first-order valence-corrected chi connectivity index (χ1v) is 10.2. The summed E-state index contributed by atoms with van der Waals surface area (Å²) >= 11 is 5.54. The lowest BCUT2D eigenvalue weighted by molar-refractivity contribution is -0.137. The van der Waals surface area contributed by atoms with E-state index in [1.807, 2.05) is 0 Å². The van der Waals surface area contributed by atoms with E-state index in [0.717, 1.165) is 27.2 Å². The molecule has 0 saturated carbocycles. The van der Waals surface area contributed by atoms with Crippen LogP contribution in [0.25, 0.3) is 0 Å². The van der Waals surface area contributed by atoms with Crippen LogP contribution in [0.4, 0.5) is 22.0 Å². The maximum atomic E-state index is 13.0. The lowest BCUT2D eigenvalue weighted by Gasteiger charge is -2.33.